The average Bonchev–Trinajstić information content (AvgIpc) is 3.10. The van der Waals surface area contributed by atoms with Crippen LogP contribution in [-0.4, -0.2) is 28.9 Å². The highest BCUT2D eigenvalue weighted by Gasteiger charge is 2.10. The van der Waals surface area contributed by atoms with Gasteiger partial charge in [-0.3, -0.25) is 9.31 Å². The van der Waals surface area contributed by atoms with E-state index in [1.165, 1.54) is 6.20 Å². The number of aryl methyl sites for hydroxylation is 1. The molecule has 11 heteroatoms. The Morgan fingerprint density at radius 1 is 1.20 bits per heavy atom. The third-order valence-electron chi connectivity index (χ3n) is 4.40. The van der Waals surface area contributed by atoms with Crippen molar-refractivity contribution in [2.75, 3.05) is 10.6 Å². The van der Waals surface area contributed by atoms with E-state index < -0.39 is 11.3 Å². The number of aromatic amines is 1. The Morgan fingerprint density at radius 3 is 2.87 bits per heavy atom. The summed E-state index contributed by atoms with van der Waals surface area (Å²) in [4.78, 5) is 8.69. The number of hydrogen-bond donors (Lipinski definition) is 4. The number of H-pyrrole nitrogens is 1. The van der Waals surface area contributed by atoms with Crippen LogP contribution in [0.5, 0.6) is 0 Å². The maximum atomic E-state index is 10.8. The van der Waals surface area contributed by atoms with E-state index in [0.29, 0.717) is 22.5 Å². The van der Waals surface area contributed by atoms with Gasteiger partial charge in [-0.05, 0) is 36.8 Å². The number of rotatable bonds is 7. The summed E-state index contributed by atoms with van der Waals surface area (Å²) in [7, 11) is 0. The first kappa shape index (κ1) is 20.2. The molecular formula is C19H17ClN7O2S-. The molecule has 0 aliphatic heterocycles. The molecule has 4 aromatic rings. The molecule has 0 bridgehead atoms. The standard InChI is InChI=1S/C19H18ClN7O2S/c1-11-14-8-13(6-7-17(14)27-26-11)23-19-21-10-15(20)18(25-19)24-16-5-3-2-4-12(16)9-22-30(28)29/h2-8,10,22H,9H2,1H3,(H,26,27)(H,28,29)(H2,21,23,24,25)/p-1. The maximum Gasteiger partial charge on any atom is 0.229 e. The molecule has 0 amide bonds. The van der Waals surface area contributed by atoms with Crippen molar-refractivity contribution >= 4 is 56.9 Å². The summed E-state index contributed by atoms with van der Waals surface area (Å²) in [5.74, 6) is 0.754. The van der Waals surface area contributed by atoms with E-state index in [-0.39, 0.29) is 6.54 Å². The van der Waals surface area contributed by atoms with Crippen molar-refractivity contribution in [1.29, 1.82) is 0 Å². The SMILES string of the molecule is Cc1[nH]nc2ccc(Nc3ncc(Cl)c(Nc4ccccc4CNS(=O)[O-])n3)cc12. The molecule has 154 valence electrons. The van der Waals surface area contributed by atoms with Crippen LogP contribution in [0.2, 0.25) is 5.02 Å². The second-order valence-corrected chi connectivity index (χ2v) is 7.60. The van der Waals surface area contributed by atoms with Gasteiger partial charge in [0.15, 0.2) is 5.82 Å². The highest BCUT2D eigenvalue weighted by atomic mass is 35.5. The Kier molecular flexibility index (Phi) is 5.91. The number of nitrogens with zero attached hydrogens (tertiary/aromatic N) is 3. The molecule has 2 heterocycles. The highest BCUT2D eigenvalue weighted by Crippen LogP contribution is 2.27. The summed E-state index contributed by atoms with van der Waals surface area (Å²) in [5, 5.41) is 14.8. The van der Waals surface area contributed by atoms with Crippen LogP contribution in [0, 0.1) is 6.92 Å². The van der Waals surface area contributed by atoms with Gasteiger partial charge in [-0.15, -0.1) is 0 Å². The van der Waals surface area contributed by atoms with Gasteiger partial charge < -0.3 is 15.2 Å². The Labute approximate surface area is 179 Å². The summed E-state index contributed by atoms with van der Waals surface area (Å²) < 4.78 is 24.0. The van der Waals surface area contributed by atoms with E-state index in [0.717, 1.165) is 27.8 Å². The minimum absolute atomic E-state index is 0.136. The number of aromatic nitrogens is 4. The zero-order valence-corrected chi connectivity index (χ0v) is 17.3. The van der Waals surface area contributed by atoms with E-state index in [1.807, 2.05) is 43.3 Å². The highest BCUT2D eigenvalue weighted by molar-refractivity contribution is 7.77. The van der Waals surface area contributed by atoms with Gasteiger partial charge in [0.25, 0.3) is 0 Å². The van der Waals surface area contributed by atoms with Gasteiger partial charge in [-0.2, -0.15) is 10.1 Å². The van der Waals surface area contributed by atoms with Gasteiger partial charge in [0.2, 0.25) is 5.95 Å². The molecule has 0 aliphatic carbocycles. The monoisotopic (exact) mass is 442 g/mol. The molecule has 30 heavy (non-hydrogen) atoms. The second kappa shape index (κ2) is 8.76. The summed E-state index contributed by atoms with van der Waals surface area (Å²) in [6.45, 7) is 2.09. The number of benzene rings is 2. The summed E-state index contributed by atoms with van der Waals surface area (Å²) >= 11 is 3.91. The molecule has 2 aromatic heterocycles. The fraction of sp³-hybridized carbons (Fsp3) is 0.105. The zero-order valence-electron chi connectivity index (χ0n) is 15.8. The normalized spacial score (nSPS) is 12.1. The lowest BCUT2D eigenvalue weighted by Crippen LogP contribution is -2.16. The van der Waals surface area contributed by atoms with Crippen molar-refractivity contribution in [1.82, 2.24) is 24.9 Å². The Bertz CT molecular complexity index is 1230. The molecule has 1 unspecified atom stereocenters. The van der Waals surface area contributed by atoms with Gasteiger partial charge in [0.1, 0.15) is 5.02 Å². The maximum absolute atomic E-state index is 10.8. The van der Waals surface area contributed by atoms with E-state index in [4.69, 9.17) is 11.6 Å². The van der Waals surface area contributed by atoms with Gasteiger partial charge in [0.05, 0.1) is 11.7 Å². The smallest absolute Gasteiger partial charge is 0.229 e. The van der Waals surface area contributed by atoms with Crippen LogP contribution >= 0.6 is 11.6 Å². The number of fused-ring (bicyclic) bond motifs is 1. The topological polar surface area (TPSA) is 131 Å². The number of para-hydroxylation sites is 1. The second-order valence-electron chi connectivity index (χ2n) is 6.43. The van der Waals surface area contributed by atoms with Crippen molar-refractivity contribution in [2.24, 2.45) is 0 Å². The van der Waals surface area contributed by atoms with E-state index in [1.54, 1.807) is 6.07 Å². The molecule has 1 atom stereocenters. The first-order valence-corrected chi connectivity index (χ1v) is 10.4. The van der Waals surface area contributed by atoms with Crippen LogP contribution in [0.1, 0.15) is 11.3 Å². The first-order chi connectivity index (χ1) is 14.5. The van der Waals surface area contributed by atoms with Gasteiger partial charge in [-0.1, -0.05) is 29.8 Å². The third-order valence-corrected chi connectivity index (χ3v) is 5.05. The fourth-order valence-electron chi connectivity index (χ4n) is 2.92. The average molecular weight is 443 g/mol. The predicted octanol–water partition coefficient (Wildman–Crippen LogP) is 3.69. The lowest BCUT2D eigenvalue weighted by Gasteiger charge is -2.14. The van der Waals surface area contributed by atoms with Crippen LogP contribution in [0.4, 0.5) is 23.1 Å². The summed E-state index contributed by atoms with van der Waals surface area (Å²) in [6.07, 6.45) is 1.49. The van der Waals surface area contributed by atoms with Gasteiger partial charge in [0, 0.05) is 40.3 Å². The van der Waals surface area contributed by atoms with E-state index in [9.17, 15) is 8.76 Å². The molecule has 0 radical (unpaired) electrons. The van der Waals surface area contributed by atoms with Crippen LogP contribution < -0.4 is 15.4 Å². The number of halogens is 1. The minimum atomic E-state index is -2.36. The number of nitrogens with one attached hydrogen (secondary N) is 4. The van der Waals surface area contributed by atoms with Crippen LogP contribution in [0.3, 0.4) is 0 Å². The predicted molar refractivity (Wildman–Crippen MR) is 117 cm³/mol. The third kappa shape index (κ3) is 4.57. The lowest BCUT2D eigenvalue weighted by molar-refractivity contribution is 0.522. The quantitative estimate of drug-likeness (QED) is 0.321. The number of hydrogen-bond acceptors (Lipinski definition) is 7. The Hall–Kier alpha value is -3.05. The van der Waals surface area contributed by atoms with Crippen molar-refractivity contribution in [2.45, 2.75) is 13.5 Å². The van der Waals surface area contributed by atoms with E-state index >= 15 is 0 Å². The zero-order chi connectivity index (χ0) is 21.1. The molecular weight excluding hydrogens is 426 g/mol. The molecule has 0 saturated heterocycles. The van der Waals surface area contributed by atoms with Crippen molar-refractivity contribution in [3.63, 3.8) is 0 Å². The fourth-order valence-corrected chi connectivity index (χ4v) is 3.33. The van der Waals surface area contributed by atoms with E-state index in [2.05, 4.69) is 35.5 Å². The van der Waals surface area contributed by atoms with Crippen LogP contribution in [0.25, 0.3) is 10.9 Å². The Balaban J connectivity index is 1.58. The molecule has 0 spiro atoms. The lowest BCUT2D eigenvalue weighted by atomic mass is 10.2. The minimum Gasteiger partial charge on any atom is -0.760 e. The summed E-state index contributed by atoms with van der Waals surface area (Å²) in [5.41, 5.74) is 4.07. The molecule has 9 nitrogen and oxygen atoms in total. The van der Waals surface area contributed by atoms with Crippen molar-refractivity contribution in [3.8, 4) is 0 Å². The first-order valence-electron chi connectivity index (χ1n) is 8.91. The van der Waals surface area contributed by atoms with Crippen LogP contribution in [0.15, 0.2) is 48.7 Å². The molecule has 4 rings (SSSR count). The molecule has 4 N–H and O–H groups in total. The molecule has 0 aliphatic rings. The van der Waals surface area contributed by atoms with Crippen molar-refractivity contribution < 1.29 is 8.76 Å². The van der Waals surface area contributed by atoms with Gasteiger partial charge in [-0.25, -0.2) is 9.71 Å². The molecule has 0 fully saturated rings. The van der Waals surface area contributed by atoms with Gasteiger partial charge >= 0.3 is 0 Å². The summed E-state index contributed by atoms with van der Waals surface area (Å²) in [6, 6.07) is 13.0. The Morgan fingerprint density at radius 2 is 2.03 bits per heavy atom. The number of anilines is 4. The van der Waals surface area contributed by atoms with Crippen LogP contribution in [-0.2, 0) is 17.8 Å². The molecule has 0 saturated carbocycles. The van der Waals surface area contributed by atoms with Crippen molar-refractivity contribution in [3.05, 3.63) is 64.9 Å². The molecule has 2 aromatic carbocycles. The largest absolute Gasteiger partial charge is 0.760 e.